The molecular formula is C19H18N4O5S2. The highest BCUT2D eigenvalue weighted by Crippen LogP contribution is 2.35. The summed E-state index contributed by atoms with van der Waals surface area (Å²) in [5.74, 6) is 0.625. The van der Waals surface area contributed by atoms with Crippen molar-refractivity contribution in [1.82, 2.24) is 9.78 Å². The number of nitrogens with zero attached hydrogens (tertiary/aromatic N) is 2. The van der Waals surface area contributed by atoms with Crippen LogP contribution in [0.5, 0.6) is 11.5 Å². The van der Waals surface area contributed by atoms with Gasteiger partial charge in [0, 0.05) is 11.8 Å². The van der Waals surface area contributed by atoms with Gasteiger partial charge in [-0.2, -0.15) is 5.10 Å². The van der Waals surface area contributed by atoms with Crippen LogP contribution in [0.2, 0.25) is 0 Å². The summed E-state index contributed by atoms with van der Waals surface area (Å²) in [6.45, 7) is -0.120. The second-order valence-electron chi connectivity index (χ2n) is 6.31. The first-order chi connectivity index (χ1) is 14.4. The number of carbonyl (C=O) groups is 1. The lowest BCUT2D eigenvalue weighted by molar-refractivity contribution is -0.116. The summed E-state index contributed by atoms with van der Waals surface area (Å²) in [4.78, 5) is 12.5. The third-order valence-corrected chi connectivity index (χ3v) is 7.02. The molecule has 0 saturated heterocycles. The first kappa shape index (κ1) is 20.1. The van der Waals surface area contributed by atoms with E-state index in [4.69, 9.17) is 15.2 Å². The van der Waals surface area contributed by atoms with Crippen LogP contribution in [0.4, 0.5) is 11.5 Å². The summed E-state index contributed by atoms with van der Waals surface area (Å²) in [6.07, 6.45) is 1.70. The first-order valence-corrected chi connectivity index (χ1v) is 11.5. The number of fused-ring (bicyclic) bond motifs is 1. The first-order valence-electron chi connectivity index (χ1n) is 8.80. The Morgan fingerprint density at radius 2 is 1.93 bits per heavy atom. The van der Waals surface area contributed by atoms with Gasteiger partial charge in [-0.05, 0) is 30.5 Å². The highest BCUT2D eigenvalue weighted by Gasteiger charge is 2.29. The van der Waals surface area contributed by atoms with E-state index >= 15 is 0 Å². The molecule has 0 unspecified atom stereocenters. The normalized spacial score (nSPS) is 12.7. The third-order valence-electron chi connectivity index (χ3n) is 4.38. The minimum absolute atomic E-state index is 0.0935. The second kappa shape index (κ2) is 7.92. The van der Waals surface area contributed by atoms with Crippen LogP contribution in [0, 0.1) is 0 Å². The molecule has 0 aliphatic carbocycles. The van der Waals surface area contributed by atoms with Gasteiger partial charge < -0.3 is 20.5 Å². The van der Waals surface area contributed by atoms with Gasteiger partial charge in [0.2, 0.25) is 22.5 Å². The number of aromatic nitrogens is 2. The maximum Gasteiger partial charge on any atom is 0.246 e. The zero-order valence-corrected chi connectivity index (χ0v) is 17.5. The molecule has 1 aliphatic rings. The van der Waals surface area contributed by atoms with E-state index in [1.807, 2.05) is 0 Å². The number of hydrogen-bond donors (Lipinski definition) is 2. The average Bonchev–Trinajstić information content (AvgIpc) is 3.32. The van der Waals surface area contributed by atoms with Crippen LogP contribution in [-0.2, 0) is 21.2 Å². The molecule has 1 amide bonds. The van der Waals surface area contributed by atoms with Crippen LogP contribution in [0.1, 0.15) is 0 Å². The molecule has 11 heteroatoms. The number of sulfone groups is 1. The van der Waals surface area contributed by atoms with E-state index in [2.05, 4.69) is 10.4 Å². The zero-order chi connectivity index (χ0) is 21.3. The Bertz CT molecular complexity index is 1210. The van der Waals surface area contributed by atoms with E-state index in [9.17, 15) is 13.2 Å². The molecule has 3 N–H and O–H groups in total. The minimum atomic E-state index is -3.88. The van der Waals surface area contributed by atoms with Crippen molar-refractivity contribution in [1.29, 1.82) is 0 Å². The van der Waals surface area contributed by atoms with Crippen molar-refractivity contribution in [2.24, 2.45) is 0 Å². The van der Waals surface area contributed by atoms with Gasteiger partial charge >= 0.3 is 0 Å². The molecule has 2 heterocycles. The summed E-state index contributed by atoms with van der Waals surface area (Å²) in [5.41, 5.74) is 6.62. The van der Waals surface area contributed by atoms with Crippen LogP contribution in [-0.4, -0.2) is 37.2 Å². The quantitative estimate of drug-likeness (QED) is 0.553. The highest BCUT2D eigenvalue weighted by atomic mass is 32.2. The Labute approximate surface area is 177 Å². The molecule has 0 spiro atoms. The number of ether oxygens (including phenoxy) is 2. The predicted molar refractivity (Wildman–Crippen MR) is 112 cm³/mol. The van der Waals surface area contributed by atoms with Crippen LogP contribution >= 0.6 is 11.8 Å². The number of carbonyl (C=O) groups excluding carboxylic acids is 1. The lowest BCUT2D eigenvalue weighted by Gasteiger charge is -2.08. The summed E-state index contributed by atoms with van der Waals surface area (Å²) < 4.78 is 37.8. The fourth-order valence-corrected chi connectivity index (χ4v) is 5.42. The summed E-state index contributed by atoms with van der Waals surface area (Å²) in [7, 11) is -3.88. The molecule has 0 atom stereocenters. The van der Waals surface area contributed by atoms with Gasteiger partial charge in [0.1, 0.15) is 22.3 Å². The molecule has 2 aromatic carbocycles. The molecule has 0 fully saturated rings. The van der Waals surface area contributed by atoms with E-state index in [0.29, 0.717) is 17.2 Å². The lowest BCUT2D eigenvalue weighted by Crippen LogP contribution is -2.21. The topological polar surface area (TPSA) is 126 Å². The van der Waals surface area contributed by atoms with Crippen LogP contribution in [0.3, 0.4) is 0 Å². The lowest BCUT2D eigenvalue weighted by atomic mass is 10.3. The molecule has 1 aromatic heterocycles. The number of benzene rings is 2. The minimum Gasteiger partial charge on any atom is -0.454 e. The summed E-state index contributed by atoms with van der Waals surface area (Å²) >= 11 is 1.14. The van der Waals surface area contributed by atoms with Gasteiger partial charge in [-0.25, -0.2) is 13.1 Å². The number of nitrogens with two attached hydrogens (primary N) is 1. The van der Waals surface area contributed by atoms with E-state index in [1.165, 1.54) is 16.8 Å². The van der Waals surface area contributed by atoms with Crippen LogP contribution < -0.4 is 20.5 Å². The fourth-order valence-electron chi connectivity index (χ4n) is 2.97. The monoisotopic (exact) mass is 446 g/mol. The van der Waals surface area contributed by atoms with Crippen LogP contribution in [0.15, 0.2) is 63.3 Å². The largest absolute Gasteiger partial charge is 0.454 e. The van der Waals surface area contributed by atoms with Crippen molar-refractivity contribution in [2.75, 3.05) is 24.1 Å². The number of amides is 1. The number of anilines is 2. The van der Waals surface area contributed by atoms with Crippen molar-refractivity contribution < 1.29 is 22.7 Å². The molecule has 4 rings (SSSR count). The smallest absolute Gasteiger partial charge is 0.246 e. The van der Waals surface area contributed by atoms with Gasteiger partial charge in [0.15, 0.2) is 11.5 Å². The number of nitrogen functional groups attached to an aromatic ring is 1. The van der Waals surface area contributed by atoms with Crippen molar-refractivity contribution >= 4 is 39.0 Å². The zero-order valence-electron chi connectivity index (χ0n) is 15.9. The molecule has 0 bridgehead atoms. The Hall–Kier alpha value is -3.18. The number of nitrogens with one attached hydrogen (secondary N) is 1. The fraction of sp³-hybridized carbons (Fsp3) is 0.158. The molecule has 0 radical (unpaired) electrons. The number of thioether (sulfide) groups is 1. The van der Waals surface area contributed by atoms with Crippen LogP contribution in [0.25, 0.3) is 0 Å². The van der Waals surface area contributed by atoms with E-state index in [-0.39, 0.29) is 34.0 Å². The van der Waals surface area contributed by atoms with Gasteiger partial charge in [0.05, 0.1) is 4.90 Å². The number of rotatable bonds is 6. The maximum absolute atomic E-state index is 13.1. The average molecular weight is 447 g/mol. The molecule has 0 saturated carbocycles. The maximum atomic E-state index is 13.1. The third kappa shape index (κ3) is 3.68. The Morgan fingerprint density at radius 1 is 1.20 bits per heavy atom. The summed E-state index contributed by atoms with van der Waals surface area (Å²) in [6, 6.07) is 13.0. The van der Waals surface area contributed by atoms with E-state index in [1.54, 1.807) is 42.7 Å². The molecule has 30 heavy (non-hydrogen) atoms. The Morgan fingerprint density at radius 3 is 2.67 bits per heavy atom. The van der Waals surface area contributed by atoms with Gasteiger partial charge in [0.25, 0.3) is 0 Å². The molecule has 3 aromatic rings. The molecular weight excluding hydrogens is 428 g/mol. The Balaban J connectivity index is 1.59. The van der Waals surface area contributed by atoms with Crippen molar-refractivity contribution in [3.05, 3.63) is 48.5 Å². The number of hydrogen-bond acceptors (Lipinski definition) is 8. The van der Waals surface area contributed by atoms with E-state index < -0.39 is 15.7 Å². The molecule has 9 nitrogen and oxygen atoms in total. The van der Waals surface area contributed by atoms with Crippen molar-refractivity contribution in [2.45, 2.75) is 21.4 Å². The predicted octanol–water partition coefficient (Wildman–Crippen LogP) is 2.39. The molecule has 156 valence electrons. The van der Waals surface area contributed by atoms with E-state index in [0.717, 1.165) is 11.8 Å². The van der Waals surface area contributed by atoms with Gasteiger partial charge in [-0.15, -0.1) is 11.8 Å². The van der Waals surface area contributed by atoms with Gasteiger partial charge in [-0.3, -0.25) is 4.79 Å². The highest BCUT2D eigenvalue weighted by molar-refractivity contribution is 7.99. The summed E-state index contributed by atoms with van der Waals surface area (Å²) in [5, 5.41) is 7.18. The standard InChI is InChI=1S/C19H18N4O5S2/c1-29-19-17(30(25,26)13-5-3-2-4-6-13)18(20)23(22-19)10-16(24)21-12-7-8-14-15(9-12)28-11-27-14/h2-9H,10-11,20H2,1H3,(H,21,24). The molecule has 1 aliphatic heterocycles. The SMILES string of the molecule is CSc1nn(CC(=O)Nc2ccc3c(c2)OCO3)c(N)c1S(=O)(=O)c1ccccc1. The van der Waals surface area contributed by atoms with Crippen molar-refractivity contribution in [3.63, 3.8) is 0 Å². The van der Waals surface area contributed by atoms with Gasteiger partial charge in [-0.1, -0.05) is 18.2 Å². The second-order valence-corrected chi connectivity index (χ2v) is 9.00. The Kier molecular flexibility index (Phi) is 5.31. The van der Waals surface area contributed by atoms with Crippen molar-refractivity contribution in [3.8, 4) is 11.5 Å².